The number of benzene rings is 3. The van der Waals surface area contributed by atoms with E-state index in [-0.39, 0.29) is 11.5 Å². The number of hydrogen-bond donors (Lipinski definition) is 0. The van der Waals surface area contributed by atoms with E-state index < -0.39 is 10.9 Å². The summed E-state index contributed by atoms with van der Waals surface area (Å²) in [6.45, 7) is 2.61. The molecule has 3 aromatic carbocycles. The summed E-state index contributed by atoms with van der Waals surface area (Å²) in [5.41, 5.74) is 0.990. The molecule has 7 heteroatoms. The Morgan fingerprint density at radius 2 is 1.53 bits per heavy atom. The molecule has 0 aromatic heterocycles. The van der Waals surface area contributed by atoms with E-state index >= 15 is 0 Å². The minimum absolute atomic E-state index is 0.0798. The van der Waals surface area contributed by atoms with Gasteiger partial charge in [-0.15, -0.1) is 0 Å². The molecule has 0 aliphatic heterocycles. The van der Waals surface area contributed by atoms with Crippen molar-refractivity contribution in [1.29, 1.82) is 0 Å². The van der Waals surface area contributed by atoms with Crippen LogP contribution >= 0.6 is 0 Å². The first-order valence-electron chi connectivity index (χ1n) is 9.99. The first kappa shape index (κ1) is 22.4. The first-order chi connectivity index (χ1) is 15.5. The van der Waals surface area contributed by atoms with Crippen molar-refractivity contribution < 1.29 is 24.0 Å². The van der Waals surface area contributed by atoms with Crippen molar-refractivity contribution in [3.63, 3.8) is 0 Å². The van der Waals surface area contributed by atoms with Crippen LogP contribution in [0, 0.1) is 10.1 Å². The molecule has 32 heavy (non-hydrogen) atoms. The first-order valence-corrected chi connectivity index (χ1v) is 9.99. The largest absolute Gasteiger partial charge is 0.494 e. The summed E-state index contributed by atoms with van der Waals surface area (Å²) in [4.78, 5) is 35.3. The van der Waals surface area contributed by atoms with Crippen LogP contribution in [0.15, 0.2) is 78.9 Å². The van der Waals surface area contributed by atoms with E-state index in [0.717, 1.165) is 6.42 Å². The Morgan fingerprint density at radius 3 is 2.19 bits per heavy atom. The second kappa shape index (κ2) is 10.7. The van der Waals surface area contributed by atoms with Crippen molar-refractivity contribution >= 4 is 23.5 Å². The zero-order valence-corrected chi connectivity index (χ0v) is 17.4. The Balaban J connectivity index is 1.63. The SMILES string of the molecule is CCCOc1ccc(C(=O)Oc2ccc(C(=O)/C=C/c3ccccc3[N+](=O)[O-])cc2)cc1. The maximum Gasteiger partial charge on any atom is 0.343 e. The Morgan fingerprint density at radius 1 is 0.906 bits per heavy atom. The van der Waals surface area contributed by atoms with Gasteiger partial charge in [0.1, 0.15) is 11.5 Å². The molecule has 0 unspecified atom stereocenters. The lowest BCUT2D eigenvalue weighted by Crippen LogP contribution is -2.08. The number of ether oxygens (including phenoxy) is 2. The van der Waals surface area contributed by atoms with Crippen molar-refractivity contribution in [2.75, 3.05) is 6.61 Å². The quantitative estimate of drug-likeness (QED) is 0.111. The standard InChI is InChI=1S/C25H21NO6/c1-2-17-31-21-12-9-20(10-13-21)25(28)32-22-14-7-19(8-15-22)24(27)16-11-18-5-3-4-6-23(18)26(29)30/h3-16H,2,17H2,1H3/b16-11+. The molecule has 3 aromatic rings. The number of nitro groups is 1. The topological polar surface area (TPSA) is 95.7 Å². The Labute approximate surface area is 185 Å². The Hall–Kier alpha value is -4.26. The number of carbonyl (C=O) groups is 2. The third-order valence-electron chi connectivity index (χ3n) is 4.46. The fraction of sp³-hybridized carbons (Fsp3) is 0.120. The second-order valence-electron chi connectivity index (χ2n) is 6.80. The Bertz CT molecular complexity index is 1130. The highest BCUT2D eigenvalue weighted by molar-refractivity contribution is 6.07. The van der Waals surface area contributed by atoms with Crippen molar-refractivity contribution in [2.45, 2.75) is 13.3 Å². The number of esters is 1. The van der Waals surface area contributed by atoms with Crippen LogP contribution in [0.25, 0.3) is 6.08 Å². The third kappa shape index (κ3) is 5.89. The monoisotopic (exact) mass is 431 g/mol. The van der Waals surface area contributed by atoms with Crippen LogP contribution in [0.4, 0.5) is 5.69 Å². The molecule has 7 nitrogen and oxygen atoms in total. The molecule has 0 fully saturated rings. The maximum atomic E-state index is 12.4. The predicted octanol–water partition coefficient (Wildman–Crippen LogP) is 5.50. The smallest absolute Gasteiger partial charge is 0.343 e. The molecule has 162 valence electrons. The van der Waals surface area contributed by atoms with Gasteiger partial charge in [0.15, 0.2) is 5.78 Å². The molecular weight excluding hydrogens is 410 g/mol. The lowest BCUT2D eigenvalue weighted by Gasteiger charge is -2.07. The highest BCUT2D eigenvalue weighted by Gasteiger charge is 2.12. The van der Waals surface area contributed by atoms with Crippen molar-refractivity contribution in [3.05, 3.63) is 106 Å². The molecule has 0 amide bonds. The van der Waals surface area contributed by atoms with Gasteiger partial charge in [-0.1, -0.05) is 19.1 Å². The summed E-state index contributed by atoms with van der Waals surface area (Å²) >= 11 is 0. The summed E-state index contributed by atoms with van der Waals surface area (Å²) in [6.07, 6.45) is 3.57. The average molecular weight is 431 g/mol. The summed E-state index contributed by atoms with van der Waals surface area (Å²) < 4.78 is 10.8. The van der Waals surface area contributed by atoms with E-state index in [4.69, 9.17) is 9.47 Å². The molecule has 0 saturated heterocycles. The zero-order chi connectivity index (χ0) is 22.9. The van der Waals surface area contributed by atoms with Crippen molar-refractivity contribution in [2.24, 2.45) is 0 Å². The van der Waals surface area contributed by atoms with Crippen molar-refractivity contribution in [1.82, 2.24) is 0 Å². The van der Waals surface area contributed by atoms with Gasteiger partial charge in [-0.3, -0.25) is 14.9 Å². The minimum Gasteiger partial charge on any atom is -0.494 e. The number of para-hydroxylation sites is 1. The normalized spacial score (nSPS) is 10.7. The maximum absolute atomic E-state index is 12.4. The van der Waals surface area contributed by atoms with Gasteiger partial charge in [0.25, 0.3) is 5.69 Å². The molecular formula is C25H21NO6. The molecule has 0 spiro atoms. The van der Waals surface area contributed by atoms with Gasteiger partial charge in [-0.2, -0.15) is 0 Å². The molecule has 0 radical (unpaired) electrons. The number of nitrogens with zero attached hydrogens (tertiary/aromatic N) is 1. The average Bonchev–Trinajstić information content (AvgIpc) is 2.82. The highest BCUT2D eigenvalue weighted by Crippen LogP contribution is 2.20. The second-order valence-corrected chi connectivity index (χ2v) is 6.80. The minimum atomic E-state index is -0.526. The molecule has 0 atom stereocenters. The van der Waals surface area contributed by atoms with Gasteiger partial charge in [0.05, 0.1) is 22.7 Å². The van der Waals surface area contributed by atoms with Crippen LogP contribution in [0.5, 0.6) is 11.5 Å². The van der Waals surface area contributed by atoms with Gasteiger partial charge >= 0.3 is 5.97 Å². The summed E-state index contributed by atoms with van der Waals surface area (Å²) in [5.74, 6) is 0.117. The highest BCUT2D eigenvalue weighted by atomic mass is 16.6. The molecule has 0 N–H and O–H groups in total. The van der Waals surface area contributed by atoms with E-state index in [9.17, 15) is 19.7 Å². The van der Waals surface area contributed by atoms with Crippen molar-refractivity contribution in [3.8, 4) is 11.5 Å². The summed E-state index contributed by atoms with van der Waals surface area (Å²) in [6, 6.07) is 18.9. The number of ketones is 1. The zero-order valence-electron chi connectivity index (χ0n) is 17.4. The lowest BCUT2D eigenvalue weighted by atomic mass is 10.1. The van der Waals surface area contributed by atoms with E-state index in [1.54, 1.807) is 42.5 Å². The van der Waals surface area contributed by atoms with Crippen LogP contribution in [0.1, 0.15) is 39.6 Å². The molecule has 3 rings (SSSR count). The number of carbonyl (C=O) groups excluding carboxylic acids is 2. The molecule has 0 heterocycles. The van der Waals surface area contributed by atoms with Crippen LogP contribution in [-0.2, 0) is 0 Å². The number of nitro benzene ring substituents is 1. The number of rotatable bonds is 9. The van der Waals surface area contributed by atoms with E-state index in [2.05, 4.69) is 0 Å². The fourth-order valence-corrected chi connectivity index (χ4v) is 2.82. The van der Waals surface area contributed by atoms with E-state index in [0.29, 0.717) is 34.8 Å². The van der Waals surface area contributed by atoms with E-state index in [1.165, 1.54) is 42.5 Å². The molecule has 0 aliphatic carbocycles. The van der Waals surface area contributed by atoms with Gasteiger partial charge < -0.3 is 9.47 Å². The lowest BCUT2D eigenvalue weighted by molar-refractivity contribution is -0.385. The van der Waals surface area contributed by atoms with Crippen LogP contribution in [0.2, 0.25) is 0 Å². The van der Waals surface area contributed by atoms with Crippen LogP contribution < -0.4 is 9.47 Å². The van der Waals surface area contributed by atoms with Gasteiger partial charge in [-0.25, -0.2) is 4.79 Å². The number of hydrogen-bond acceptors (Lipinski definition) is 6. The molecule has 0 saturated carbocycles. The molecule has 0 bridgehead atoms. The predicted molar refractivity (Wildman–Crippen MR) is 120 cm³/mol. The van der Waals surface area contributed by atoms with Gasteiger partial charge in [-0.05, 0) is 73.2 Å². The third-order valence-corrected chi connectivity index (χ3v) is 4.46. The molecule has 0 aliphatic rings. The summed E-state index contributed by atoms with van der Waals surface area (Å²) in [5, 5.41) is 11.1. The van der Waals surface area contributed by atoms with Crippen LogP contribution in [-0.4, -0.2) is 23.3 Å². The van der Waals surface area contributed by atoms with Crippen LogP contribution in [0.3, 0.4) is 0 Å². The Kier molecular flexibility index (Phi) is 7.48. The number of allylic oxidation sites excluding steroid dienone is 1. The van der Waals surface area contributed by atoms with Gasteiger partial charge in [0, 0.05) is 11.6 Å². The fourth-order valence-electron chi connectivity index (χ4n) is 2.82. The summed E-state index contributed by atoms with van der Waals surface area (Å²) in [7, 11) is 0. The van der Waals surface area contributed by atoms with E-state index in [1.807, 2.05) is 6.92 Å². The van der Waals surface area contributed by atoms with Gasteiger partial charge in [0.2, 0.25) is 0 Å².